The molecule has 1 aromatic rings. The molecule has 0 aliphatic rings. The van der Waals surface area contributed by atoms with Crippen LogP contribution >= 0.6 is 0 Å². The third-order valence-corrected chi connectivity index (χ3v) is 3.00. The lowest BCUT2D eigenvalue weighted by Gasteiger charge is -2.10. The molecule has 1 rings (SSSR count). The normalized spacial score (nSPS) is 11.8. The van der Waals surface area contributed by atoms with Crippen LogP contribution in [0.3, 0.4) is 0 Å². The number of methoxy groups -OCH3 is 1. The van der Waals surface area contributed by atoms with Gasteiger partial charge < -0.3 is 14.8 Å². The summed E-state index contributed by atoms with van der Waals surface area (Å²) < 4.78 is 9.31. The number of ether oxygens (including phenoxy) is 2. The Morgan fingerprint density at radius 3 is 2.40 bits per heavy atom. The zero-order valence-corrected chi connectivity index (χ0v) is 12.1. The van der Waals surface area contributed by atoms with Crippen LogP contribution in [0, 0.1) is 0 Å². The van der Waals surface area contributed by atoms with Crippen molar-refractivity contribution in [3.8, 4) is 0 Å². The molecular weight excluding hydrogens is 258 g/mol. The molecule has 0 heterocycles. The molecule has 0 aromatic heterocycles. The van der Waals surface area contributed by atoms with Crippen molar-refractivity contribution in [2.75, 3.05) is 25.6 Å². The van der Waals surface area contributed by atoms with E-state index in [0.717, 1.165) is 6.42 Å². The van der Waals surface area contributed by atoms with E-state index < -0.39 is 5.97 Å². The lowest BCUT2D eigenvalue weighted by molar-refractivity contribution is -0.150. The molecule has 5 heteroatoms. The van der Waals surface area contributed by atoms with E-state index >= 15 is 0 Å². The fraction of sp³-hybridized carbons (Fsp3) is 0.467. The van der Waals surface area contributed by atoms with Crippen molar-refractivity contribution in [3.05, 3.63) is 29.8 Å². The highest BCUT2D eigenvalue weighted by molar-refractivity contribution is 5.92. The average molecular weight is 279 g/mol. The Morgan fingerprint density at radius 1 is 1.20 bits per heavy atom. The van der Waals surface area contributed by atoms with Crippen LogP contribution in [0.4, 0.5) is 5.69 Å². The van der Waals surface area contributed by atoms with Crippen molar-refractivity contribution < 1.29 is 19.1 Å². The molecule has 0 radical (unpaired) electrons. The molecule has 0 bridgehead atoms. The van der Waals surface area contributed by atoms with E-state index in [-0.39, 0.29) is 19.1 Å². The predicted molar refractivity (Wildman–Crippen MR) is 76.6 cm³/mol. The highest BCUT2D eigenvalue weighted by Crippen LogP contribution is 2.20. The van der Waals surface area contributed by atoms with E-state index in [1.807, 2.05) is 24.3 Å². The van der Waals surface area contributed by atoms with Crippen LogP contribution < -0.4 is 5.32 Å². The number of esters is 1. The largest absolute Gasteiger partial charge is 0.454 e. The molecule has 5 nitrogen and oxygen atoms in total. The Kier molecular flexibility index (Phi) is 6.73. The number of hydrogen-bond donors (Lipinski definition) is 1. The molecule has 0 saturated carbocycles. The summed E-state index contributed by atoms with van der Waals surface area (Å²) in [6.07, 6.45) is 1.07. The van der Waals surface area contributed by atoms with E-state index in [0.29, 0.717) is 11.6 Å². The fourth-order valence-corrected chi connectivity index (χ4v) is 1.63. The fourth-order valence-electron chi connectivity index (χ4n) is 1.63. The van der Waals surface area contributed by atoms with E-state index in [9.17, 15) is 9.59 Å². The Balaban J connectivity index is 2.44. The molecule has 110 valence electrons. The van der Waals surface area contributed by atoms with E-state index in [2.05, 4.69) is 23.9 Å². The SMILES string of the molecule is CC[C@H](C)c1ccc(NC(=O)COC(=O)COC)cc1. The maximum atomic E-state index is 11.6. The minimum Gasteiger partial charge on any atom is -0.454 e. The van der Waals surface area contributed by atoms with Crippen LogP contribution in [0.5, 0.6) is 0 Å². The molecule has 0 fully saturated rings. The number of carbonyl (C=O) groups excluding carboxylic acids is 2. The van der Waals surface area contributed by atoms with Crippen LogP contribution in [0.1, 0.15) is 31.7 Å². The van der Waals surface area contributed by atoms with E-state index in [4.69, 9.17) is 4.74 Å². The Hall–Kier alpha value is -1.88. The number of anilines is 1. The second-order valence-corrected chi connectivity index (χ2v) is 4.57. The van der Waals surface area contributed by atoms with Crippen LogP contribution in [-0.2, 0) is 19.1 Å². The van der Waals surface area contributed by atoms with E-state index in [1.165, 1.54) is 12.7 Å². The Labute approximate surface area is 119 Å². The highest BCUT2D eigenvalue weighted by Gasteiger charge is 2.08. The maximum Gasteiger partial charge on any atom is 0.332 e. The summed E-state index contributed by atoms with van der Waals surface area (Å²) in [5.41, 5.74) is 1.92. The predicted octanol–water partition coefficient (Wildman–Crippen LogP) is 2.33. The molecule has 0 saturated heterocycles. The van der Waals surface area contributed by atoms with Gasteiger partial charge in [-0.1, -0.05) is 26.0 Å². The van der Waals surface area contributed by atoms with Crippen molar-refractivity contribution in [1.82, 2.24) is 0 Å². The standard InChI is InChI=1S/C15H21NO4/c1-4-11(2)12-5-7-13(8-6-12)16-14(17)9-20-15(18)10-19-3/h5-8,11H,4,9-10H2,1-3H3,(H,16,17)/t11-/m0/s1. The first-order valence-corrected chi connectivity index (χ1v) is 6.61. The molecule has 1 N–H and O–H groups in total. The first-order valence-electron chi connectivity index (χ1n) is 6.61. The number of carbonyl (C=O) groups is 2. The van der Waals surface area contributed by atoms with Crippen molar-refractivity contribution in [1.29, 1.82) is 0 Å². The van der Waals surface area contributed by atoms with Crippen LogP contribution in [-0.4, -0.2) is 32.2 Å². The monoisotopic (exact) mass is 279 g/mol. The topological polar surface area (TPSA) is 64.6 Å². The molecule has 0 unspecified atom stereocenters. The lowest BCUT2D eigenvalue weighted by atomic mass is 9.99. The van der Waals surface area contributed by atoms with Gasteiger partial charge in [-0.05, 0) is 30.0 Å². The first-order chi connectivity index (χ1) is 9.56. The summed E-state index contributed by atoms with van der Waals surface area (Å²) in [6, 6.07) is 7.66. The van der Waals surface area contributed by atoms with Crippen LogP contribution in [0.2, 0.25) is 0 Å². The summed E-state index contributed by atoms with van der Waals surface area (Å²) in [7, 11) is 1.39. The van der Waals surface area contributed by atoms with Gasteiger partial charge in [0.15, 0.2) is 6.61 Å². The molecule has 1 amide bonds. The van der Waals surface area contributed by atoms with Crippen molar-refractivity contribution in [3.63, 3.8) is 0 Å². The van der Waals surface area contributed by atoms with Gasteiger partial charge in [0.25, 0.3) is 5.91 Å². The smallest absolute Gasteiger partial charge is 0.332 e. The van der Waals surface area contributed by atoms with Gasteiger partial charge in [0.2, 0.25) is 0 Å². The maximum absolute atomic E-state index is 11.6. The second kappa shape index (κ2) is 8.32. The Bertz CT molecular complexity index is 442. The minimum absolute atomic E-state index is 0.156. The molecule has 0 spiro atoms. The summed E-state index contributed by atoms with van der Waals surface area (Å²) in [5, 5.41) is 2.67. The van der Waals surface area contributed by atoms with Gasteiger partial charge in [0.1, 0.15) is 6.61 Å². The number of amides is 1. The Morgan fingerprint density at radius 2 is 1.85 bits per heavy atom. The molecule has 0 aliphatic heterocycles. The molecule has 0 aliphatic carbocycles. The number of hydrogen-bond acceptors (Lipinski definition) is 4. The number of nitrogens with one attached hydrogen (secondary N) is 1. The zero-order chi connectivity index (χ0) is 15.0. The van der Waals surface area contributed by atoms with Gasteiger partial charge in [-0.15, -0.1) is 0 Å². The summed E-state index contributed by atoms with van der Waals surface area (Å²) in [6.45, 7) is 3.82. The van der Waals surface area contributed by atoms with Gasteiger partial charge in [-0.25, -0.2) is 4.79 Å². The van der Waals surface area contributed by atoms with Gasteiger partial charge >= 0.3 is 5.97 Å². The summed E-state index contributed by atoms with van der Waals surface area (Å²) in [4.78, 5) is 22.6. The third-order valence-electron chi connectivity index (χ3n) is 3.00. The van der Waals surface area contributed by atoms with Crippen molar-refractivity contribution >= 4 is 17.6 Å². The number of benzene rings is 1. The van der Waals surface area contributed by atoms with Crippen molar-refractivity contribution in [2.45, 2.75) is 26.2 Å². The van der Waals surface area contributed by atoms with Crippen LogP contribution in [0.25, 0.3) is 0 Å². The minimum atomic E-state index is -0.560. The zero-order valence-electron chi connectivity index (χ0n) is 12.1. The first kappa shape index (κ1) is 16.2. The molecular formula is C15H21NO4. The summed E-state index contributed by atoms with van der Waals surface area (Å²) >= 11 is 0. The number of rotatable bonds is 7. The van der Waals surface area contributed by atoms with Gasteiger partial charge in [-0.3, -0.25) is 4.79 Å². The molecule has 1 aromatic carbocycles. The van der Waals surface area contributed by atoms with Gasteiger partial charge in [0, 0.05) is 12.8 Å². The average Bonchev–Trinajstić information content (AvgIpc) is 2.45. The van der Waals surface area contributed by atoms with E-state index in [1.54, 1.807) is 0 Å². The molecule has 1 atom stereocenters. The quantitative estimate of drug-likeness (QED) is 0.778. The second-order valence-electron chi connectivity index (χ2n) is 4.57. The van der Waals surface area contributed by atoms with Gasteiger partial charge in [-0.2, -0.15) is 0 Å². The van der Waals surface area contributed by atoms with Gasteiger partial charge in [0.05, 0.1) is 0 Å². The lowest BCUT2D eigenvalue weighted by Crippen LogP contribution is -2.22. The van der Waals surface area contributed by atoms with Crippen molar-refractivity contribution in [2.24, 2.45) is 0 Å². The highest BCUT2D eigenvalue weighted by atomic mass is 16.6. The summed E-state index contributed by atoms with van der Waals surface area (Å²) in [5.74, 6) is -0.435. The third kappa shape index (κ3) is 5.40. The molecule has 20 heavy (non-hydrogen) atoms. The van der Waals surface area contributed by atoms with Crippen LogP contribution in [0.15, 0.2) is 24.3 Å².